The Morgan fingerprint density at radius 3 is 2.46 bits per heavy atom. The van der Waals surface area contributed by atoms with Crippen molar-refractivity contribution in [3.8, 4) is 0 Å². The van der Waals surface area contributed by atoms with E-state index in [9.17, 15) is 19.8 Å². The molecule has 3 fully saturated rings. The number of carbonyl (C=O) groups is 2. The number of aliphatic hydroxyl groups is 2. The first-order chi connectivity index (χ1) is 24.8. The van der Waals surface area contributed by atoms with E-state index in [0.717, 1.165) is 19.3 Å². The van der Waals surface area contributed by atoms with Crippen molar-refractivity contribution in [2.45, 2.75) is 83.3 Å². The first kappa shape index (κ1) is 35.7. The van der Waals surface area contributed by atoms with Crippen LogP contribution < -0.4 is 5.32 Å². The maximum absolute atomic E-state index is 15.2. The molecule has 2 spiro atoms. The maximum atomic E-state index is 15.2. The van der Waals surface area contributed by atoms with E-state index in [1.807, 2.05) is 41.8 Å². The Hall–Kier alpha value is -3.30. The van der Waals surface area contributed by atoms with Gasteiger partial charge >= 0.3 is 6.03 Å². The largest absolute Gasteiger partial charge is 0.393 e. The molecule has 0 saturated heterocycles. The highest BCUT2D eigenvalue weighted by Crippen LogP contribution is 2.78. The summed E-state index contributed by atoms with van der Waals surface area (Å²) >= 11 is 8.14. The summed E-state index contributed by atoms with van der Waals surface area (Å²) in [4.78, 5) is 31.7. The van der Waals surface area contributed by atoms with E-state index < -0.39 is 33.8 Å². The van der Waals surface area contributed by atoms with Gasteiger partial charge in [-0.25, -0.2) is 9.18 Å². The van der Waals surface area contributed by atoms with E-state index in [-0.39, 0.29) is 52.6 Å². The molecule has 3 aromatic rings. The minimum Gasteiger partial charge on any atom is -0.393 e. The van der Waals surface area contributed by atoms with Gasteiger partial charge in [0.1, 0.15) is 5.82 Å². The summed E-state index contributed by atoms with van der Waals surface area (Å²) in [7, 11) is 0. The number of amides is 2. The van der Waals surface area contributed by atoms with Crippen molar-refractivity contribution < 1.29 is 24.2 Å². The SMILES string of the molecule is C[C@]12CC[C@H]3[C@]4(C=C[C@@]5(C=C4C(=O)Cc4c(F)cccc4Cl)CC(O)CC[C@]35C)[C@@H]1CC[C@@]2(O)CN(CCc1cccs1)C(=O)Nc1ccccc1. The van der Waals surface area contributed by atoms with Gasteiger partial charge in [-0.3, -0.25) is 4.79 Å². The Kier molecular flexibility index (Phi) is 8.88. The second kappa shape index (κ2) is 12.9. The standard InChI is InChI=1S/C43H48ClFN2O4S/c1-39-17-13-29(48)25-41(39)20-21-43(32(26-41)35(49)24-31-33(44)11-6-12-34(31)45)36(39)14-18-40(2)37(43)15-19-42(40,51)27-47(22-16-30-10-7-23-52-30)38(50)46-28-8-4-3-5-9-28/h3-12,20-21,23,26,29,36-37,48,51H,13-19,22,24-25,27H2,1-2H3,(H,46,50)/t29?,36-,37-,39-,40+,41+,42-,43-/m1/s1. The Bertz CT molecular complexity index is 1920. The first-order valence-corrected chi connectivity index (χ1v) is 20.0. The van der Waals surface area contributed by atoms with Crippen LogP contribution in [0.2, 0.25) is 5.02 Å². The number of Topliss-reactive ketones (excluding diaryl/α,β-unsaturated/α-hetero) is 1. The van der Waals surface area contributed by atoms with E-state index in [1.54, 1.807) is 28.4 Å². The summed E-state index contributed by atoms with van der Waals surface area (Å²) in [6, 6.07) is 17.8. The first-order valence-electron chi connectivity index (χ1n) is 18.8. The fourth-order valence-corrected chi connectivity index (χ4v) is 12.5. The second-order valence-corrected chi connectivity index (χ2v) is 18.1. The van der Waals surface area contributed by atoms with Crippen LogP contribution in [0, 0.1) is 39.3 Å². The topological polar surface area (TPSA) is 89.9 Å². The maximum Gasteiger partial charge on any atom is 0.321 e. The van der Waals surface area contributed by atoms with Crippen LogP contribution in [0.5, 0.6) is 0 Å². The van der Waals surface area contributed by atoms with Crippen LogP contribution in [0.4, 0.5) is 14.9 Å². The molecule has 274 valence electrons. The van der Waals surface area contributed by atoms with Gasteiger partial charge in [0.25, 0.3) is 0 Å². The predicted molar refractivity (Wildman–Crippen MR) is 204 cm³/mol. The van der Waals surface area contributed by atoms with Crippen molar-refractivity contribution in [3.63, 3.8) is 0 Å². The Balaban J connectivity index is 1.17. The molecule has 3 N–H and O–H groups in total. The van der Waals surface area contributed by atoms with Gasteiger partial charge < -0.3 is 20.4 Å². The lowest BCUT2D eigenvalue weighted by molar-refractivity contribution is -0.177. The molecule has 9 rings (SSSR count). The van der Waals surface area contributed by atoms with Crippen LogP contribution in [0.1, 0.15) is 69.2 Å². The zero-order valence-corrected chi connectivity index (χ0v) is 31.5. The third kappa shape index (κ3) is 5.38. The Morgan fingerprint density at radius 1 is 0.962 bits per heavy atom. The van der Waals surface area contributed by atoms with Gasteiger partial charge in [0.15, 0.2) is 5.78 Å². The number of fused-ring (bicyclic) bond motifs is 1. The molecule has 0 radical (unpaired) electrons. The highest BCUT2D eigenvalue weighted by molar-refractivity contribution is 7.09. The molecule has 6 nitrogen and oxygen atoms in total. The molecule has 2 bridgehead atoms. The molecule has 2 aromatic carbocycles. The van der Waals surface area contributed by atoms with E-state index in [4.69, 9.17) is 11.6 Å². The average Bonchev–Trinajstić information content (AvgIpc) is 3.74. The van der Waals surface area contributed by atoms with Crippen LogP contribution in [0.3, 0.4) is 0 Å². The van der Waals surface area contributed by atoms with Crippen molar-refractivity contribution in [1.29, 1.82) is 0 Å². The van der Waals surface area contributed by atoms with Gasteiger partial charge in [0.05, 0.1) is 18.2 Å². The number of hydrogen-bond donors (Lipinski definition) is 3. The molecule has 52 heavy (non-hydrogen) atoms. The minimum atomic E-state index is -1.21. The van der Waals surface area contributed by atoms with Gasteiger partial charge in [-0.15, -0.1) is 11.3 Å². The molecule has 3 saturated carbocycles. The van der Waals surface area contributed by atoms with E-state index >= 15 is 4.39 Å². The number of urea groups is 1. The molecule has 2 amide bonds. The van der Waals surface area contributed by atoms with Gasteiger partial charge in [-0.05, 0) is 104 Å². The van der Waals surface area contributed by atoms with Crippen LogP contribution >= 0.6 is 22.9 Å². The number of rotatable bonds is 9. The molecular formula is C43H48ClFN2O4S. The summed E-state index contributed by atoms with van der Waals surface area (Å²) in [6.45, 7) is 5.14. The molecule has 1 aromatic heterocycles. The van der Waals surface area contributed by atoms with E-state index in [1.165, 1.54) is 10.9 Å². The highest BCUT2D eigenvalue weighted by Gasteiger charge is 2.74. The molecule has 9 heteroatoms. The van der Waals surface area contributed by atoms with Crippen molar-refractivity contribution >= 4 is 40.4 Å². The zero-order chi connectivity index (χ0) is 36.5. The molecule has 8 atom stereocenters. The zero-order valence-electron chi connectivity index (χ0n) is 29.9. The molecule has 6 aliphatic rings. The molecule has 1 heterocycles. The molecule has 6 aliphatic carbocycles. The summed E-state index contributed by atoms with van der Waals surface area (Å²) in [6.07, 6.45) is 11.6. The summed E-state index contributed by atoms with van der Waals surface area (Å²) in [5.41, 5.74) is -1.62. The van der Waals surface area contributed by atoms with Crippen LogP contribution in [-0.4, -0.2) is 51.7 Å². The van der Waals surface area contributed by atoms with Gasteiger partial charge in [-0.2, -0.15) is 0 Å². The number of halogens is 2. The number of nitrogens with zero attached hydrogens (tertiary/aromatic N) is 1. The molecule has 0 aliphatic heterocycles. The lowest BCUT2D eigenvalue weighted by Gasteiger charge is -2.71. The second-order valence-electron chi connectivity index (χ2n) is 16.7. The van der Waals surface area contributed by atoms with Gasteiger partial charge in [0.2, 0.25) is 0 Å². The number of ketones is 1. The highest BCUT2D eigenvalue weighted by atomic mass is 35.5. The third-order valence-electron chi connectivity index (χ3n) is 14.4. The number of nitrogens with one attached hydrogen (secondary N) is 1. The summed E-state index contributed by atoms with van der Waals surface area (Å²) in [5.74, 6) is -0.635. The number of anilines is 1. The summed E-state index contributed by atoms with van der Waals surface area (Å²) < 4.78 is 15.2. The third-order valence-corrected chi connectivity index (χ3v) is 15.7. The minimum absolute atomic E-state index is 0.0930. The Labute approximate surface area is 314 Å². The van der Waals surface area contributed by atoms with Crippen LogP contribution in [-0.2, 0) is 17.6 Å². The number of thiophene rings is 1. The smallest absolute Gasteiger partial charge is 0.321 e. The number of allylic oxidation sites excluding steroid dienone is 4. The van der Waals surface area contributed by atoms with E-state index in [0.29, 0.717) is 49.9 Å². The molecular weight excluding hydrogens is 695 g/mol. The Morgan fingerprint density at radius 2 is 1.71 bits per heavy atom. The number of aliphatic hydroxyl groups excluding tert-OH is 1. The van der Waals surface area contributed by atoms with Crippen LogP contribution in [0.25, 0.3) is 0 Å². The normalized spacial score (nSPS) is 35.7. The number of hydrogen-bond acceptors (Lipinski definition) is 5. The van der Waals surface area contributed by atoms with Crippen molar-refractivity contribution in [2.24, 2.45) is 33.5 Å². The van der Waals surface area contributed by atoms with Gasteiger partial charge in [-0.1, -0.05) is 74.0 Å². The van der Waals surface area contributed by atoms with Crippen molar-refractivity contribution in [2.75, 3.05) is 18.4 Å². The predicted octanol–water partition coefficient (Wildman–Crippen LogP) is 9.02. The quantitative estimate of drug-likeness (QED) is 0.191. The van der Waals surface area contributed by atoms with E-state index in [2.05, 4.69) is 43.5 Å². The fourth-order valence-electron chi connectivity index (χ4n) is 11.6. The number of benzene rings is 2. The van der Waals surface area contributed by atoms with Gasteiger partial charge in [0, 0.05) is 55.9 Å². The van der Waals surface area contributed by atoms with Crippen molar-refractivity contribution in [3.05, 3.63) is 111 Å². The fraction of sp³-hybridized carbons (Fsp3) is 0.488. The number of para-hydroxylation sites is 1. The van der Waals surface area contributed by atoms with Crippen molar-refractivity contribution in [1.82, 2.24) is 4.90 Å². The number of carbonyl (C=O) groups excluding carboxylic acids is 2. The lowest BCUT2D eigenvalue weighted by Crippen LogP contribution is -2.67. The lowest BCUT2D eigenvalue weighted by atomic mass is 9.32. The average molecular weight is 743 g/mol. The molecule has 1 unspecified atom stereocenters. The van der Waals surface area contributed by atoms with Crippen LogP contribution in [0.15, 0.2) is 89.8 Å². The monoisotopic (exact) mass is 742 g/mol. The summed E-state index contributed by atoms with van der Waals surface area (Å²) in [5, 5.41) is 29.4.